The third-order valence-electron chi connectivity index (χ3n) is 4.73. The SMILES string of the molecule is CCn1c(=O)oc2cc(C(O)C3(C)CCCC3)ccc21. The summed E-state index contributed by atoms with van der Waals surface area (Å²) >= 11 is 0. The lowest BCUT2D eigenvalue weighted by molar-refractivity contribution is 0.0409. The number of oxazole rings is 1. The number of aliphatic hydroxyl groups is 1. The molecule has 1 saturated carbocycles. The molecule has 0 aliphatic heterocycles. The quantitative estimate of drug-likeness (QED) is 0.935. The van der Waals surface area contributed by atoms with Crippen molar-refractivity contribution in [2.24, 2.45) is 5.41 Å². The zero-order valence-electron chi connectivity index (χ0n) is 12.1. The van der Waals surface area contributed by atoms with Crippen molar-refractivity contribution in [2.75, 3.05) is 0 Å². The zero-order valence-corrected chi connectivity index (χ0v) is 12.1. The lowest BCUT2D eigenvalue weighted by atomic mass is 9.79. The maximum Gasteiger partial charge on any atom is 0.419 e. The molecule has 1 aromatic carbocycles. The predicted molar refractivity (Wildman–Crippen MR) is 77.7 cm³/mol. The molecule has 1 unspecified atom stereocenters. The van der Waals surface area contributed by atoms with E-state index in [0.29, 0.717) is 12.1 Å². The maximum atomic E-state index is 11.7. The highest BCUT2D eigenvalue weighted by molar-refractivity contribution is 5.73. The van der Waals surface area contributed by atoms with Gasteiger partial charge in [-0.05, 0) is 42.9 Å². The summed E-state index contributed by atoms with van der Waals surface area (Å²) in [5, 5.41) is 10.6. The van der Waals surface area contributed by atoms with Crippen LogP contribution in [0.3, 0.4) is 0 Å². The molecule has 1 N–H and O–H groups in total. The number of rotatable bonds is 3. The molecule has 4 nitrogen and oxygen atoms in total. The molecule has 4 heteroatoms. The normalized spacial score (nSPS) is 19.6. The van der Waals surface area contributed by atoms with Gasteiger partial charge in [-0.25, -0.2) is 4.79 Å². The standard InChI is InChI=1S/C16H21NO3/c1-3-17-12-7-6-11(10-13(12)20-15(17)19)14(18)16(2)8-4-5-9-16/h6-7,10,14,18H,3-5,8-9H2,1-2H3. The van der Waals surface area contributed by atoms with Gasteiger partial charge >= 0.3 is 5.76 Å². The third-order valence-corrected chi connectivity index (χ3v) is 4.73. The number of hydrogen-bond acceptors (Lipinski definition) is 3. The van der Waals surface area contributed by atoms with Gasteiger partial charge in [0.2, 0.25) is 0 Å². The van der Waals surface area contributed by atoms with Gasteiger partial charge in [-0.15, -0.1) is 0 Å². The van der Waals surface area contributed by atoms with Crippen LogP contribution in [0.25, 0.3) is 11.1 Å². The van der Waals surface area contributed by atoms with Gasteiger partial charge in [-0.1, -0.05) is 25.8 Å². The zero-order chi connectivity index (χ0) is 14.3. The Hall–Kier alpha value is -1.55. The molecule has 108 valence electrons. The summed E-state index contributed by atoms with van der Waals surface area (Å²) in [6.45, 7) is 4.65. The molecule has 0 saturated heterocycles. The number of aryl methyl sites for hydroxylation is 1. The minimum atomic E-state index is -0.496. The molecule has 20 heavy (non-hydrogen) atoms. The van der Waals surface area contributed by atoms with E-state index in [4.69, 9.17) is 4.42 Å². The average molecular weight is 275 g/mol. The molecule has 1 aliphatic rings. The largest absolute Gasteiger partial charge is 0.419 e. The molecule has 1 heterocycles. The molecule has 2 aromatic rings. The molecular weight excluding hydrogens is 254 g/mol. The average Bonchev–Trinajstić information content (AvgIpc) is 3.00. The molecule has 1 fully saturated rings. The van der Waals surface area contributed by atoms with Crippen LogP contribution in [0, 0.1) is 5.41 Å². The van der Waals surface area contributed by atoms with Crippen LogP contribution in [0.5, 0.6) is 0 Å². The fraction of sp³-hybridized carbons (Fsp3) is 0.562. The Morgan fingerprint density at radius 2 is 2.10 bits per heavy atom. The minimum absolute atomic E-state index is 0.0543. The minimum Gasteiger partial charge on any atom is -0.408 e. The van der Waals surface area contributed by atoms with E-state index in [-0.39, 0.29) is 11.2 Å². The maximum absolute atomic E-state index is 11.7. The van der Waals surface area contributed by atoms with Crippen molar-refractivity contribution in [3.8, 4) is 0 Å². The van der Waals surface area contributed by atoms with E-state index in [1.807, 2.05) is 25.1 Å². The number of aliphatic hydroxyl groups excluding tert-OH is 1. The highest BCUT2D eigenvalue weighted by Crippen LogP contribution is 2.47. The fourth-order valence-electron chi connectivity index (χ4n) is 3.41. The first-order chi connectivity index (χ1) is 9.55. The smallest absolute Gasteiger partial charge is 0.408 e. The number of nitrogens with zero attached hydrogens (tertiary/aromatic N) is 1. The highest BCUT2D eigenvalue weighted by atomic mass is 16.4. The number of fused-ring (bicyclic) bond motifs is 1. The van der Waals surface area contributed by atoms with Gasteiger partial charge in [0.05, 0.1) is 11.6 Å². The monoisotopic (exact) mass is 275 g/mol. The van der Waals surface area contributed by atoms with Crippen LogP contribution < -0.4 is 5.76 Å². The van der Waals surface area contributed by atoms with E-state index < -0.39 is 6.10 Å². The van der Waals surface area contributed by atoms with E-state index in [1.165, 1.54) is 12.8 Å². The van der Waals surface area contributed by atoms with Gasteiger partial charge in [-0.3, -0.25) is 4.57 Å². The summed E-state index contributed by atoms with van der Waals surface area (Å²) in [4.78, 5) is 11.7. The predicted octanol–water partition coefficient (Wildman–Crippen LogP) is 3.23. The second-order valence-electron chi connectivity index (χ2n) is 6.10. The van der Waals surface area contributed by atoms with Crippen molar-refractivity contribution in [1.29, 1.82) is 0 Å². The van der Waals surface area contributed by atoms with Crippen molar-refractivity contribution in [3.63, 3.8) is 0 Å². The number of hydrogen-bond donors (Lipinski definition) is 1. The Morgan fingerprint density at radius 3 is 2.75 bits per heavy atom. The molecule has 0 spiro atoms. The number of benzene rings is 1. The topological polar surface area (TPSA) is 55.4 Å². The first-order valence-corrected chi connectivity index (χ1v) is 7.36. The fourth-order valence-corrected chi connectivity index (χ4v) is 3.41. The van der Waals surface area contributed by atoms with E-state index in [9.17, 15) is 9.90 Å². The van der Waals surface area contributed by atoms with Crippen molar-refractivity contribution in [2.45, 2.75) is 52.2 Å². The highest BCUT2D eigenvalue weighted by Gasteiger charge is 2.36. The second kappa shape index (κ2) is 4.77. The van der Waals surface area contributed by atoms with Crippen molar-refractivity contribution in [1.82, 2.24) is 4.57 Å². The molecule has 0 bridgehead atoms. The first-order valence-electron chi connectivity index (χ1n) is 7.36. The van der Waals surface area contributed by atoms with Gasteiger partial charge in [0, 0.05) is 6.54 Å². The molecule has 1 atom stereocenters. The van der Waals surface area contributed by atoms with Gasteiger partial charge in [0.1, 0.15) is 0 Å². The van der Waals surface area contributed by atoms with Crippen molar-refractivity contribution in [3.05, 3.63) is 34.3 Å². The summed E-state index contributed by atoms with van der Waals surface area (Å²) in [7, 11) is 0. The van der Waals surface area contributed by atoms with Gasteiger partial charge < -0.3 is 9.52 Å². The lowest BCUT2D eigenvalue weighted by Gasteiger charge is -2.30. The lowest BCUT2D eigenvalue weighted by Crippen LogP contribution is -2.21. The van der Waals surface area contributed by atoms with Crippen LogP contribution >= 0.6 is 0 Å². The van der Waals surface area contributed by atoms with Crippen LogP contribution in [0.15, 0.2) is 27.4 Å². The van der Waals surface area contributed by atoms with E-state index in [2.05, 4.69) is 6.92 Å². The van der Waals surface area contributed by atoms with Gasteiger partial charge in [-0.2, -0.15) is 0 Å². The van der Waals surface area contributed by atoms with Crippen molar-refractivity contribution >= 4 is 11.1 Å². The van der Waals surface area contributed by atoms with Crippen LogP contribution in [-0.2, 0) is 6.54 Å². The summed E-state index contributed by atoms with van der Waals surface area (Å²) in [6.07, 6.45) is 3.96. The van der Waals surface area contributed by atoms with Gasteiger partial charge in [0.25, 0.3) is 0 Å². The Kier molecular flexibility index (Phi) is 3.21. The van der Waals surface area contributed by atoms with Crippen LogP contribution in [0.2, 0.25) is 0 Å². The van der Waals surface area contributed by atoms with Crippen LogP contribution in [-0.4, -0.2) is 9.67 Å². The van der Waals surface area contributed by atoms with Crippen molar-refractivity contribution < 1.29 is 9.52 Å². The van der Waals surface area contributed by atoms with Crippen LogP contribution in [0.1, 0.15) is 51.2 Å². The second-order valence-corrected chi connectivity index (χ2v) is 6.10. The van der Waals surface area contributed by atoms with E-state index >= 15 is 0 Å². The Labute approximate surface area is 118 Å². The Balaban J connectivity index is 2.03. The molecule has 0 amide bonds. The Morgan fingerprint density at radius 1 is 1.40 bits per heavy atom. The molecule has 3 rings (SSSR count). The summed E-state index contributed by atoms with van der Waals surface area (Å²) in [5.41, 5.74) is 2.15. The number of aromatic nitrogens is 1. The van der Waals surface area contributed by atoms with Crippen LogP contribution in [0.4, 0.5) is 0 Å². The Bertz CT molecular complexity index is 677. The molecule has 0 radical (unpaired) electrons. The van der Waals surface area contributed by atoms with Gasteiger partial charge in [0.15, 0.2) is 5.58 Å². The summed E-state index contributed by atoms with van der Waals surface area (Å²) in [6, 6.07) is 5.61. The molecule has 1 aliphatic carbocycles. The third kappa shape index (κ3) is 1.99. The first kappa shape index (κ1) is 13.4. The van der Waals surface area contributed by atoms with E-state index in [0.717, 1.165) is 23.9 Å². The van der Waals surface area contributed by atoms with E-state index in [1.54, 1.807) is 4.57 Å². The molecule has 1 aromatic heterocycles. The summed E-state index contributed by atoms with van der Waals surface area (Å²) in [5.74, 6) is -0.332. The summed E-state index contributed by atoms with van der Waals surface area (Å²) < 4.78 is 6.87. The molecular formula is C16H21NO3.